The highest BCUT2D eigenvalue weighted by atomic mass is 19.4. The first-order chi connectivity index (χ1) is 11.4. The van der Waals surface area contributed by atoms with E-state index in [0.717, 1.165) is 22.9 Å². The van der Waals surface area contributed by atoms with Crippen LogP contribution in [-0.4, -0.2) is 41.1 Å². The van der Waals surface area contributed by atoms with Crippen molar-refractivity contribution in [1.29, 1.82) is 0 Å². The highest BCUT2D eigenvalue weighted by Gasteiger charge is 2.34. The summed E-state index contributed by atoms with van der Waals surface area (Å²) in [5, 5.41) is 3.00. The summed E-state index contributed by atoms with van der Waals surface area (Å²) < 4.78 is 36.9. The van der Waals surface area contributed by atoms with Gasteiger partial charge in [0.1, 0.15) is 6.54 Å². The minimum atomic E-state index is -4.39. The van der Waals surface area contributed by atoms with Gasteiger partial charge in [-0.3, -0.25) is 14.7 Å². The zero-order chi connectivity index (χ0) is 17.2. The average molecular weight is 337 g/mol. The average Bonchev–Trinajstić information content (AvgIpc) is 3.00. The van der Waals surface area contributed by atoms with Crippen LogP contribution < -0.4 is 5.32 Å². The fourth-order valence-electron chi connectivity index (χ4n) is 3.13. The van der Waals surface area contributed by atoms with Crippen molar-refractivity contribution in [2.75, 3.05) is 13.1 Å². The monoisotopic (exact) mass is 337 g/mol. The molecule has 0 radical (unpaired) electrons. The van der Waals surface area contributed by atoms with E-state index in [9.17, 15) is 18.0 Å². The van der Waals surface area contributed by atoms with E-state index in [4.69, 9.17) is 0 Å². The Morgan fingerprint density at radius 2 is 2.08 bits per heavy atom. The first-order valence-corrected chi connectivity index (χ1v) is 7.85. The Morgan fingerprint density at radius 1 is 1.29 bits per heavy atom. The number of fused-ring (bicyclic) bond motifs is 1. The maximum absolute atomic E-state index is 12.3. The number of hydrogen-bond donors (Lipinski definition) is 1. The number of nitrogens with zero attached hydrogens (tertiary/aromatic N) is 2. The van der Waals surface area contributed by atoms with Gasteiger partial charge in [0.05, 0.1) is 11.6 Å². The van der Waals surface area contributed by atoms with Gasteiger partial charge in [0.25, 0.3) is 0 Å². The number of rotatable bonds is 4. The molecule has 3 rings (SSSR count). The quantitative estimate of drug-likeness (QED) is 0.933. The Balaban J connectivity index is 1.72. The maximum Gasteiger partial charge on any atom is 0.405 e. The number of hydrogen-bond acceptors (Lipinski definition) is 3. The second kappa shape index (κ2) is 6.76. The van der Waals surface area contributed by atoms with Gasteiger partial charge in [-0.1, -0.05) is 24.3 Å². The minimum absolute atomic E-state index is 0.498. The van der Waals surface area contributed by atoms with Crippen molar-refractivity contribution in [1.82, 2.24) is 15.2 Å². The molecule has 128 valence electrons. The zero-order valence-corrected chi connectivity index (χ0v) is 13.0. The van der Waals surface area contributed by atoms with Gasteiger partial charge < -0.3 is 5.32 Å². The van der Waals surface area contributed by atoms with Crippen LogP contribution in [0.5, 0.6) is 0 Å². The first-order valence-electron chi connectivity index (χ1n) is 7.85. The number of aromatic nitrogens is 1. The number of likely N-dealkylation sites (tertiary alicyclic amines) is 1. The van der Waals surface area contributed by atoms with Gasteiger partial charge in [0.2, 0.25) is 5.91 Å². The molecule has 0 bridgehead atoms. The number of carbonyl (C=O) groups is 1. The number of amides is 1. The van der Waals surface area contributed by atoms with Gasteiger partial charge in [0.15, 0.2) is 0 Å². The Kier molecular flexibility index (Phi) is 4.71. The third kappa shape index (κ3) is 3.84. The topological polar surface area (TPSA) is 45.2 Å². The third-order valence-electron chi connectivity index (χ3n) is 4.22. The van der Waals surface area contributed by atoms with Crippen LogP contribution in [0.2, 0.25) is 0 Å². The van der Waals surface area contributed by atoms with E-state index in [0.29, 0.717) is 19.5 Å². The lowest BCUT2D eigenvalue weighted by molar-refractivity contribution is -0.141. The van der Waals surface area contributed by atoms with Crippen LogP contribution in [-0.2, 0) is 11.3 Å². The van der Waals surface area contributed by atoms with Gasteiger partial charge in [-0.05, 0) is 31.0 Å². The summed E-state index contributed by atoms with van der Waals surface area (Å²) in [5.74, 6) is -0.557. The van der Waals surface area contributed by atoms with E-state index in [2.05, 4.69) is 4.98 Å². The summed E-state index contributed by atoms with van der Waals surface area (Å²) in [6, 6.07) is 9.13. The molecule has 1 aliphatic heterocycles. The minimum Gasteiger partial charge on any atom is -0.346 e. The van der Waals surface area contributed by atoms with Crippen molar-refractivity contribution in [3.8, 4) is 0 Å². The van der Waals surface area contributed by atoms with Crippen LogP contribution in [0.15, 0.2) is 36.5 Å². The first kappa shape index (κ1) is 16.7. The lowest BCUT2D eigenvalue weighted by Gasteiger charge is -2.24. The van der Waals surface area contributed by atoms with Crippen molar-refractivity contribution >= 4 is 16.8 Å². The standard InChI is InChI=1S/C17H18F3N3O/c18-17(19,20)11-22-16(24)14-7-3-9-23(14)10-13-5-1-4-12-6-2-8-21-15(12)13/h1-2,4-6,8,14H,3,7,9-11H2,(H,22,24)/t14-/m0/s1. The van der Waals surface area contributed by atoms with Crippen LogP contribution in [0.1, 0.15) is 18.4 Å². The van der Waals surface area contributed by atoms with E-state index in [1.807, 2.05) is 40.5 Å². The predicted octanol–water partition coefficient (Wildman–Crippen LogP) is 2.88. The molecule has 1 atom stereocenters. The molecule has 7 heteroatoms. The molecule has 1 N–H and O–H groups in total. The molecule has 0 saturated carbocycles. The lowest BCUT2D eigenvalue weighted by atomic mass is 10.1. The Morgan fingerprint density at radius 3 is 2.88 bits per heavy atom. The zero-order valence-electron chi connectivity index (χ0n) is 13.0. The van der Waals surface area contributed by atoms with E-state index in [-0.39, 0.29) is 0 Å². The van der Waals surface area contributed by atoms with E-state index >= 15 is 0 Å². The number of benzene rings is 1. The van der Waals surface area contributed by atoms with Gasteiger partial charge >= 0.3 is 6.18 Å². The van der Waals surface area contributed by atoms with E-state index in [1.165, 1.54) is 0 Å². The number of halogens is 3. The summed E-state index contributed by atoms with van der Waals surface area (Å²) in [5.41, 5.74) is 1.84. The molecule has 0 unspecified atom stereocenters. The van der Waals surface area contributed by atoms with Crippen LogP contribution in [0.4, 0.5) is 13.2 Å². The summed E-state index contributed by atoms with van der Waals surface area (Å²) in [6.45, 7) is -0.0994. The van der Waals surface area contributed by atoms with E-state index in [1.54, 1.807) is 6.20 Å². The van der Waals surface area contributed by atoms with Crippen molar-refractivity contribution in [3.63, 3.8) is 0 Å². The van der Waals surface area contributed by atoms with Crippen LogP contribution in [0.3, 0.4) is 0 Å². The summed E-state index contributed by atoms with van der Waals surface area (Å²) in [7, 11) is 0. The number of nitrogens with one attached hydrogen (secondary N) is 1. The SMILES string of the molecule is O=C(NCC(F)(F)F)[C@@H]1CCCN1Cc1cccc2cccnc12. The molecule has 0 spiro atoms. The molecular formula is C17H18F3N3O. The van der Waals surface area contributed by atoms with Gasteiger partial charge in [-0.2, -0.15) is 13.2 Å². The lowest BCUT2D eigenvalue weighted by Crippen LogP contribution is -2.45. The Bertz CT molecular complexity index is 727. The van der Waals surface area contributed by atoms with Crippen LogP contribution in [0.25, 0.3) is 10.9 Å². The van der Waals surface area contributed by atoms with Gasteiger partial charge in [-0.25, -0.2) is 0 Å². The summed E-state index contributed by atoms with van der Waals surface area (Å²) in [6.07, 6.45) is -1.31. The van der Waals surface area contributed by atoms with Gasteiger partial charge in [0, 0.05) is 18.1 Å². The second-order valence-corrected chi connectivity index (χ2v) is 5.95. The van der Waals surface area contributed by atoms with Gasteiger partial charge in [-0.15, -0.1) is 0 Å². The third-order valence-corrected chi connectivity index (χ3v) is 4.22. The van der Waals surface area contributed by atoms with E-state index < -0.39 is 24.7 Å². The molecule has 1 aromatic carbocycles. The fraction of sp³-hybridized carbons (Fsp3) is 0.412. The molecule has 1 aliphatic rings. The maximum atomic E-state index is 12.3. The molecule has 4 nitrogen and oxygen atoms in total. The molecule has 1 saturated heterocycles. The summed E-state index contributed by atoms with van der Waals surface area (Å²) >= 11 is 0. The van der Waals surface area contributed by atoms with Crippen molar-refractivity contribution in [2.24, 2.45) is 0 Å². The van der Waals surface area contributed by atoms with Crippen molar-refractivity contribution < 1.29 is 18.0 Å². The van der Waals surface area contributed by atoms with Crippen molar-refractivity contribution in [3.05, 3.63) is 42.1 Å². The normalized spacial score (nSPS) is 18.9. The molecule has 1 amide bonds. The highest BCUT2D eigenvalue weighted by molar-refractivity contribution is 5.83. The fourth-order valence-corrected chi connectivity index (χ4v) is 3.13. The Labute approximate surface area is 137 Å². The van der Waals surface area contributed by atoms with Crippen LogP contribution in [0, 0.1) is 0 Å². The second-order valence-electron chi connectivity index (χ2n) is 5.95. The summed E-state index contributed by atoms with van der Waals surface area (Å²) in [4.78, 5) is 18.4. The molecule has 0 aliphatic carbocycles. The number of carbonyl (C=O) groups excluding carboxylic acids is 1. The predicted molar refractivity (Wildman–Crippen MR) is 84.2 cm³/mol. The molecule has 1 fully saturated rings. The highest BCUT2D eigenvalue weighted by Crippen LogP contribution is 2.24. The number of pyridine rings is 1. The largest absolute Gasteiger partial charge is 0.405 e. The smallest absolute Gasteiger partial charge is 0.346 e. The molecule has 2 heterocycles. The number of alkyl halides is 3. The van der Waals surface area contributed by atoms with Crippen LogP contribution >= 0.6 is 0 Å². The van der Waals surface area contributed by atoms with Crippen molar-refractivity contribution in [2.45, 2.75) is 31.6 Å². The number of para-hydroxylation sites is 1. The molecule has 2 aromatic rings. The Hall–Kier alpha value is -2.15. The molecule has 1 aromatic heterocycles. The molecular weight excluding hydrogens is 319 g/mol. The molecule has 24 heavy (non-hydrogen) atoms.